The van der Waals surface area contributed by atoms with Gasteiger partial charge in [-0.1, -0.05) is 0 Å². The van der Waals surface area contributed by atoms with Gasteiger partial charge < -0.3 is 4.74 Å². The van der Waals surface area contributed by atoms with Gasteiger partial charge in [0.05, 0.1) is 16.6 Å². The minimum absolute atomic E-state index is 0.00812. The van der Waals surface area contributed by atoms with E-state index in [2.05, 4.69) is 21.4 Å². The van der Waals surface area contributed by atoms with Gasteiger partial charge in [0.15, 0.2) is 0 Å². The molecule has 0 aliphatic carbocycles. The van der Waals surface area contributed by atoms with Crippen LogP contribution in [0, 0.1) is 11.6 Å². The van der Waals surface area contributed by atoms with Gasteiger partial charge >= 0.3 is 0 Å². The second-order valence-corrected chi connectivity index (χ2v) is 4.59. The Labute approximate surface area is 107 Å². The van der Waals surface area contributed by atoms with Crippen LogP contribution in [0.25, 0.3) is 0 Å². The number of hydrogen-bond donors (Lipinski definition) is 2. The highest BCUT2D eigenvalue weighted by Gasteiger charge is 2.21. The van der Waals surface area contributed by atoms with Gasteiger partial charge in [0.25, 0.3) is 0 Å². The van der Waals surface area contributed by atoms with E-state index in [1.54, 1.807) is 6.92 Å². The maximum atomic E-state index is 13.7. The fraction of sp³-hybridized carbons (Fsp3) is 0.455. The standard InChI is InChI=1S/C11H15BrF2N2O/c1-6(17-2)10(16-15)5-7-9(13)4-3-8(12)11(7)14/h3-4,6,10,16H,5,15H2,1-2H3. The molecule has 0 heterocycles. The zero-order chi connectivity index (χ0) is 13.0. The highest BCUT2D eigenvalue weighted by atomic mass is 79.9. The molecule has 0 spiro atoms. The van der Waals surface area contributed by atoms with Gasteiger partial charge in [-0.15, -0.1) is 0 Å². The number of rotatable bonds is 5. The molecule has 2 atom stereocenters. The summed E-state index contributed by atoms with van der Waals surface area (Å²) < 4.78 is 32.6. The van der Waals surface area contributed by atoms with E-state index < -0.39 is 11.6 Å². The zero-order valence-electron chi connectivity index (χ0n) is 9.64. The van der Waals surface area contributed by atoms with E-state index in [1.165, 1.54) is 19.2 Å². The topological polar surface area (TPSA) is 47.3 Å². The first kappa shape index (κ1) is 14.5. The smallest absolute Gasteiger partial charge is 0.143 e. The third kappa shape index (κ3) is 3.45. The molecule has 0 aliphatic rings. The summed E-state index contributed by atoms with van der Waals surface area (Å²) in [5, 5.41) is 0. The van der Waals surface area contributed by atoms with E-state index >= 15 is 0 Å². The molecule has 0 saturated carbocycles. The quantitative estimate of drug-likeness (QED) is 0.498. The molecular weight excluding hydrogens is 294 g/mol. The predicted octanol–water partition coefficient (Wildman–Crippen LogP) is 2.14. The molecule has 1 rings (SSSR count). The SMILES string of the molecule is COC(C)C(Cc1c(F)ccc(Br)c1F)NN. The van der Waals surface area contributed by atoms with Crippen molar-refractivity contribution in [1.29, 1.82) is 0 Å². The lowest BCUT2D eigenvalue weighted by Gasteiger charge is -2.22. The summed E-state index contributed by atoms with van der Waals surface area (Å²) in [5.41, 5.74) is 2.49. The largest absolute Gasteiger partial charge is 0.380 e. The van der Waals surface area contributed by atoms with E-state index in [9.17, 15) is 8.78 Å². The first-order valence-corrected chi connectivity index (χ1v) is 5.91. The van der Waals surface area contributed by atoms with Crippen molar-refractivity contribution in [2.45, 2.75) is 25.5 Å². The minimum Gasteiger partial charge on any atom is -0.380 e. The number of hydrogen-bond acceptors (Lipinski definition) is 3. The van der Waals surface area contributed by atoms with Crippen molar-refractivity contribution in [3.05, 3.63) is 33.8 Å². The number of halogens is 3. The molecule has 0 radical (unpaired) electrons. The predicted molar refractivity (Wildman–Crippen MR) is 65.3 cm³/mol. The molecule has 96 valence electrons. The number of nitrogens with one attached hydrogen (secondary N) is 1. The van der Waals surface area contributed by atoms with Gasteiger partial charge in [0.1, 0.15) is 11.6 Å². The van der Waals surface area contributed by atoms with Gasteiger partial charge in [-0.25, -0.2) is 8.78 Å². The Balaban J connectivity index is 2.97. The third-order valence-corrected chi connectivity index (χ3v) is 3.33. The second kappa shape index (κ2) is 6.39. The van der Waals surface area contributed by atoms with Crippen LogP contribution in [0.2, 0.25) is 0 Å². The molecule has 3 nitrogen and oxygen atoms in total. The van der Waals surface area contributed by atoms with Crippen LogP contribution in [-0.4, -0.2) is 19.3 Å². The van der Waals surface area contributed by atoms with Crippen LogP contribution < -0.4 is 11.3 Å². The summed E-state index contributed by atoms with van der Waals surface area (Å²) in [6, 6.07) is 2.19. The summed E-state index contributed by atoms with van der Waals surface area (Å²) in [5.74, 6) is 4.16. The Bertz CT molecular complexity index is 390. The number of ether oxygens (including phenoxy) is 1. The van der Waals surface area contributed by atoms with Crippen molar-refractivity contribution in [2.24, 2.45) is 5.84 Å². The van der Waals surface area contributed by atoms with E-state index in [1.807, 2.05) is 0 Å². The monoisotopic (exact) mass is 308 g/mol. The summed E-state index contributed by atoms with van der Waals surface area (Å²) >= 11 is 3.02. The lowest BCUT2D eigenvalue weighted by molar-refractivity contribution is 0.0825. The van der Waals surface area contributed by atoms with Gasteiger partial charge in [-0.05, 0) is 41.4 Å². The van der Waals surface area contributed by atoms with Crippen LogP contribution in [0.15, 0.2) is 16.6 Å². The third-order valence-electron chi connectivity index (χ3n) is 2.72. The van der Waals surface area contributed by atoms with Crippen molar-refractivity contribution in [1.82, 2.24) is 5.43 Å². The Morgan fingerprint density at radius 2 is 2.12 bits per heavy atom. The Kier molecular flexibility index (Phi) is 5.45. The molecular formula is C11H15BrF2N2O. The summed E-state index contributed by atoms with van der Waals surface area (Å²) in [4.78, 5) is 0. The molecule has 0 fully saturated rings. The lowest BCUT2D eigenvalue weighted by atomic mass is 10.0. The van der Waals surface area contributed by atoms with E-state index in [0.717, 1.165) is 0 Å². The molecule has 0 saturated heterocycles. The number of methoxy groups -OCH3 is 1. The van der Waals surface area contributed by atoms with Crippen LogP contribution in [0.3, 0.4) is 0 Å². The summed E-state index contributed by atoms with van der Waals surface area (Å²) in [6.45, 7) is 1.78. The van der Waals surface area contributed by atoms with E-state index in [4.69, 9.17) is 10.6 Å². The van der Waals surface area contributed by atoms with Crippen LogP contribution >= 0.6 is 15.9 Å². The van der Waals surface area contributed by atoms with Crippen LogP contribution in [-0.2, 0) is 11.2 Å². The van der Waals surface area contributed by atoms with Crippen molar-refractivity contribution in [3.8, 4) is 0 Å². The molecule has 17 heavy (non-hydrogen) atoms. The normalized spacial score (nSPS) is 14.7. The second-order valence-electron chi connectivity index (χ2n) is 3.74. The number of hydrazine groups is 1. The van der Waals surface area contributed by atoms with Crippen molar-refractivity contribution in [2.75, 3.05) is 7.11 Å². The molecule has 2 unspecified atom stereocenters. The van der Waals surface area contributed by atoms with Gasteiger partial charge in [-0.3, -0.25) is 11.3 Å². The van der Waals surface area contributed by atoms with Crippen LogP contribution in [0.4, 0.5) is 8.78 Å². The Hall–Kier alpha value is -0.560. The maximum absolute atomic E-state index is 13.7. The highest BCUT2D eigenvalue weighted by Crippen LogP contribution is 2.23. The fourth-order valence-corrected chi connectivity index (χ4v) is 1.87. The summed E-state index contributed by atoms with van der Waals surface area (Å²) in [7, 11) is 1.52. The average molecular weight is 309 g/mol. The molecule has 0 amide bonds. The fourth-order valence-electron chi connectivity index (χ4n) is 1.50. The number of nitrogens with two attached hydrogens (primary N) is 1. The zero-order valence-corrected chi connectivity index (χ0v) is 11.2. The van der Waals surface area contributed by atoms with Crippen molar-refractivity contribution < 1.29 is 13.5 Å². The Morgan fingerprint density at radius 3 is 2.65 bits per heavy atom. The first-order chi connectivity index (χ1) is 8.01. The lowest BCUT2D eigenvalue weighted by Crippen LogP contribution is -2.45. The van der Waals surface area contributed by atoms with E-state index in [0.29, 0.717) is 0 Å². The summed E-state index contributed by atoms with van der Waals surface area (Å²) in [6.07, 6.45) is -0.138. The van der Waals surface area contributed by atoms with Crippen LogP contribution in [0.5, 0.6) is 0 Å². The molecule has 1 aromatic carbocycles. The van der Waals surface area contributed by atoms with Crippen LogP contribution in [0.1, 0.15) is 12.5 Å². The molecule has 0 aliphatic heterocycles. The molecule has 1 aromatic rings. The molecule has 0 bridgehead atoms. The van der Waals surface area contributed by atoms with Crippen molar-refractivity contribution >= 4 is 15.9 Å². The highest BCUT2D eigenvalue weighted by molar-refractivity contribution is 9.10. The Morgan fingerprint density at radius 1 is 1.47 bits per heavy atom. The molecule has 6 heteroatoms. The molecule has 0 aromatic heterocycles. The van der Waals surface area contributed by atoms with Gasteiger partial charge in [0.2, 0.25) is 0 Å². The van der Waals surface area contributed by atoms with E-state index in [-0.39, 0.29) is 28.6 Å². The van der Waals surface area contributed by atoms with Crippen molar-refractivity contribution in [3.63, 3.8) is 0 Å². The minimum atomic E-state index is -0.603. The first-order valence-electron chi connectivity index (χ1n) is 5.12. The maximum Gasteiger partial charge on any atom is 0.143 e. The van der Waals surface area contributed by atoms with Gasteiger partial charge in [0, 0.05) is 12.7 Å². The molecule has 3 N–H and O–H groups in total. The average Bonchev–Trinajstić information content (AvgIpc) is 2.33. The number of benzene rings is 1. The van der Waals surface area contributed by atoms with Gasteiger partial charge in [-0.2, -0.15) is 0 Å².